The normalized spacial score (nSPS) is 13.7. The Hall–Kier alpha value is -2.96. The van der Waals surface area contributed by atoms with Crippen LogP contribution in [-0.2, 0) is 0 Å². The SMILES string of the molecule is C1C[NH2+]CC[NH2+]1.O=C([O-])c1ccc(/C=C/c2ccc(C(=O)[O-])cc2)cc1. The number of hydrogen-bond acceptors (Lipinski definition) is 4. The molecule has 1 heterocycles. The summed E-state index contributed by atoms with van der Waals surface area (Å²) in [7, 11) is 0. The number of hydrogen-bond donors (Lipinski definition) is 2. The van der Waals surface area contributed by atoms with E-state index in [0.29, 0.717) is 0 Å². The summed E-state index contributed by atoms with van der Waals surface area (Å²) >= 11 is 0. The van der Waals surface area contributed by atoms with Gasteiger partial charge in [-0.3, -0.25) is 0 Å². The van der Waals surface area contributed by atoms with Gasteiger partial charge in [0.1, 0.15) is 26.2 Å². The molecule has 0 aromatic heterocycles. The van der Waals surface area contributed by atoms with E-state index in [0.717, 1.165) is 11.1 Å². The first-order valence-corrected chi connectivity index (χ1v) is 8.50. The lowest BCUT2D eigenvalue weighted by molar-refractivity contribution is -0.787. The third kappa shape index (κ3) is 6.51. The summed E-state index contributed by atoms with van der Waals surface area (Å²) in [5.74, 6) is -2.42. The van der Waals surface area contributed by atoms with E-state index < -0.39 is 11.9 Å². The van der Waals surface area contributed by atoms with Crippen LogP contribution in [0.25, 0.3) is 12.2 Å². The molecule has 26 heavy (non-hydrogen) atoms. The molecular formula is C20H22N2O4. The Morgan fingerprint density at radius 3 is 1.19 bits per heavy atom. The van der Waals surface area contributed by atoms with Crippen LogP contribution in [-0.4, -0.2) is 38.1 Å². The highest BCUT2D eigenvalue weighted by molar-refractivity contribution is 5.87. The maximum atomic E-state index is 10.6. The molecule has 2 aromatic carbocycles. The molecule has 1 aliphatic rings. The second kappa shape index (κ2) is 10.1. The lowest BCUT2D eigenvalue weighted by atomic mass is 10.1. The third-order valence-electron chi connectivity index (χ3n) is 3.91. The molecule has 4 N–H and O–H groups in total. The second-order valence-electron chi connectivity index (χ2n) is 5.88. The van der Waals surface area contributed by atoms with Crippen molar-refractivity contribution in [3.63, 3.8) is 0 Å². The smallest absolute Gasteiger partial charge is 0.125 e. The predicted molar refractivity (Wildman–Crippen MR) is 93.8 cm³/mol. The number of rotatable bonds is 4. The van der Waals surface area contributed by atoms with Gasteiger partial charge in [0.15, 0.2) is 0 Å². The molecule has 0 amide bonds. The summed E-state index contributed by atoms with van der Waals surface area (Å²) in [6.07, 6.45) is 3.60. The van der Waals surface area contributed by atoms with Crippen molar-refractivity contribution in [1.29, 1.82) is 0 Å². The van der Waals surface area contributed by atoms with Crippen molar-refractivity contribution in [2.24, 2.45) is 0 Å². The number of benzene rings is 2. The zero-order chi connectivity index (χ0) is 18.8. The molecule has 2 aromatic rings. The molecule has 0 unspecified atom stereocenters. The Bertz CT molecular complexity index is 677. The number of aromatic carboxylic acids is 2. The predicted octanol–water partition coefficient (Wildman–Crippen LogP) is -2.29. The number of quaternary nitrogens is 2. The summed E-state index contributed by atoms with van der Waals surface area (Å²) in [6, 6.07) is 12.5. The van der Waals surface area contributed by atoms with E-state index in [9.17, 15) is 19.8 Å². The van der Waals surface area contributed by atoms with E-state index >= 15 is 0 Å². The number of piperazine rings is 1. The van der Waals surface area contributed by atoms with Crippen LogP contribution in [0, 0.1) is 0 Å². The van der Waals surface area contributed by atoms with E-state index in [2.05, 4.69) is 10.6 Å². The minimum Gasteiger partial charge on any atom is -0.545 e. The van der Waals surface area contributed by atoms with Gasteiger partial charge in [0, 0.05) is 0 Å². The Morgan fingerprint density at radius 2 is 0.962 bits per heavy atom. The largest absolute Gasteiger partial charge is 0.545 e. The lowest BCUT2D eigenvalue weighted by Crippen LogP contribution is -3.04. The first kappa shape index (κ1) is 19.4. The van der Waals surface area contributed by atoms with Crippen LogP contribution in [0.3, 0.4) is 0 Å². The molecule has 6 heteroatoms. The molecule has 136 valence electrons. The highest BCUT2D eigenvalue weighted by atomic mass is 16.4. The highest BCUT2D eigenvalue weighted by Gasteiger charge is 1.99. The maximum Gasteiger partial charge on any atom is 0.125 e. The molecule has 0 atom stereocenters. The average Bonchev–Trinajstić information content (AvgIpc) is 2.69. The lowest BCUT2D eigenvalue weighted by Gasteiger charge is -2.04. The van der Waals surface area contributed by atoms with Gasteiger partial charge in [0.2, 0.25) is 0 Å². The minimum absolute atomic E-state index is 0.125. The van der Waals surface area contributed by atoms with Crippen molar-refractivity contribution in [3.8, 4) is 0 Å². The van der Waals surface area contributed by atoms with E-state index in [1.807, 2.05) is 0 Å². The van der Waals surface area contributed by atoms with Crippen molar-refractivity contribution in [1.82, 2.24) is 0 Å². The van der Waals surface area contributed by atoms with E-state index in [1.54, 1.807) is 36.4 Å². The third-order valence-corrected chi connectivity index (χ3v) is 3.91. The molecule has 0 spiro atoms. The Kier molecular flexibility index (Phi) is 7.54. The summed E-state index contributed by atoms with van der Waals surface area (Å²) in [4.78, 5) is 21.2. The van der Waals surface area contributed by atoms with Crippen LogP contribution in [0.4, 0.5) is 0 Å². The molecular weight excluding hydrogens is 332 g/mol. The maximum absolute atomic E-state index is 10.6. The van der Waals surface area contributed by atoms with Crippen LogP contribution in [0.2, 0.25) is 0 Å². The minimum atomic E-state index is -1.21. The zero-order valence-electron chi connectivity index (χ0n) is 14.4. The standard InChI is InChI=1S/C16H12O4.C4H10N2/c17-15(18)13-7-3-11(4-8-13)1-2-12-5-9-14(10-6-12)16(19)20;1-2-6-4-3-5-1/h1-10H,(H,17,18)(H,19,20);5-6H,1-4H2/b2-1+;. The molecule has 1 aliphatic heterocycles. The van der Waals surface area contributed by atoms with Crippen LogP contribution in [0.5, 0.6) is 0 Å². The monoisotopic (exact) mass is 354 g/mol. The van der Waals surface area contributed by atoms with Gasteiger partial charge >= 0.3 is 0 Å². The van der Waals surface area contributed by atoms with Gasteiger partial charge in [-0.2, -0.15) is 0 Å². The van der Waals surface area contributed by atoms with Gasteiger partial charge in [-0.15, -0.1) is 0 Å². The van der Waals surface area contributed by atoms with E-state index in [-0.39, 0.29) is 11.1 Å². The van der Waals surface area contributed by atoms with Crippen LogP contribution in [0.1, 0.15) is 31.8 Å². The fourth-order valence-corrected chi connectivity index (χ4v) is 2.41. The fourth-order valence-electron chi connectivity index (χ4n) is 2.41. The van der Waals surface area contributed by atoms with Crippen LogP contribution < -0.4 is 20.8 Å². The van der Waals surface area contributed by atoms with Gasteiger partial charge in [-0.1, -0.05) is 60.7 Å². The van der Waals surface area contributed by atoms with Crippen molar-refractivity contribution >= 4 is 24.1 Å². The van der Waals surface area contributed by atoms with Crippen molar-refractivity contribution < 1.29 is 30.4 Å². The van der Waals surface area contributed by atoms with Crippen molar-refractivity contribution in [2.45, 2.75) is 0 Å². The number of carbonyl (C=O) groups excluding carboxylic acids is 2. The van der Waals surface area contributed by atoms with Gasteiger partial charge in [0.05, 0.1) is 11.9 Å². The highest BCUT2D eigenvalue weighted by Crippen LogP contribution is 2.10. The number of carboxylic acid groups (broad SMARTS) is 2. The molecule has 1 fully saturated rings. The van der Waals surface area contributed by atoms with Gasteiger partial charge < -0.3 is 30.4 Å². The summed E-state index contributed by atoms with van der Waals surface area (Å²) in [5, 5.41) is 25.9. The molecule has 0 saturated carbocycles. The summed E-state index contributed by atoms with van der Waals surface area (Å²) < 4.78 is 0. The average molecular weight is 354 g/mol. The summed E-state index contributed by atoms with van der Waals surface area (Å²) in [6.45, 7) is 5.28. The van der Waals surface area contributed by atoms with Crippen molar-refractivity contribution in [2.75, 3.05) is 26.2 Å². The fraction of sp³-hybridized carbons (Fsp3) is 0.200. The quantitative estimate of drug-likeness (QED) is 0.602. The van der Waals surface area contributed by atoms with E-state index in [1.165, 1.54) is 50.4 Å². The van der Waals surface area contributed by atoms with Crippen LogP contribution in [0.15, 0.2) is 48.5 Å². The molecule has 3 rings (SSSR count). The van der Waals surface area contributed by atoms with Gasteiger partial charge in [0.25, 0.3) is 0 Å². The number of carboxylic acids is 2. The molecule has 0 bridgehead atoms. The van der Waals surface area contributed by atoms with Crippen LogP contribution >= 0.6 is 0 Å². The molecule has 0 radical (unpaired) electrons. The van der Waals surface area contributed by atoms with Gasteiger partial charge in [-0.05, 0) is 22.3 Å². The number of nitrogens with two attached hydrogens (primary N) is 2. The Morgan fingerprint density at radius 1 is 0.654 bits per heavy atom. The second-order valence-corrected chi connectivity index (χ2v) is 5.88. The molecule has 1 saturated heterocycles. The zero-order valence-corrected chi connectivity index (χ0v) is 14.4. The van der Waals surface area contributed by atoms with Gasteiger partial charge in [-0.25, -0.2) is 0 Å². The Balaban J connectivity index is 0.000000342. The summed E-state index contributed by atoms with van der Waals surface area (Å²) in [5.41, 5.74) is 1.92. The topological polar surface area (TPSA) is 113 Å². The molecule has 6 nitrogen and oxygen atoms in total. The van der Waals surface area contributed by atoms with Crippen molar-refractivity contribution in [3.05, 3.63) is 70.8 Å². The molecule has 0 aliphatic carbocycles. The Labute approximate surface area is 152 Å². The number of carbonyl (C=O) groups is 2. The first-order chi connectivity index (χ1) is 12.6. The van der Waals surface area contributed by atoms with E-state index in [4.69, 9.17) is 0 Å². The first-order valence-electron chi connectivity index (χ1n) is 8.50.